The molecule has 3 heteroatoms. The molecule has 2 aromatic carbocycles. The van der Waals surface area contributed by atoms with E-state index in [9.17, 15) is 0 Å². The van der Waals surface area contributed by atoms with Gasteiger partial charge in [-0.2, -0.15) is 0 Å². The summed E-state index contributed by atoms with van der Waals surface area (Å²) in [6.45, 7) is 0. The maximum Gasteiger partial charge on any atom is 0.138 e. The third-order valence-electron chi connectivity index (χ3n) is 2.93. The lowest BCUT2D eigenvalue weighted by atomic mass is 10.2. The zero-order valence-electron chi connectivity index (χ0n) is 11.0. The molecule has 0 amide bonds. The van der Waals surface area contributed by atoms with E-state index in [-0.39, 0.29) is 0 Å². The predicted molar refractivity (Wildman–Crippen MR) is 82.3 cm³/mol. The number of nitrogens with zero attached hydrogens (tertiary/aromatic N) is 1. The Hall–Kier alpha value is -2.81. The lowest BCUT2D eigenvalue weighted by Gasteiger charge is -1.93. The summed E-state index contributed by atoms with van der Waals surface area (Å²) in [5.41, 5.74) is 3.21. The summed E-state index contributed by atoms with van der Waals surface area (Å²) in [6.07, 6.45) is 3.75. The van der Waals surface area contributed by atoms with Crippen LogP contribution in [0.2, 0.25) is 0 Å². The van der Waals surface area contributed by atoms with Gasteiger partial charge in [0.05, 0.1) is 11.0 Å². The Kier molecular flexibility index (Phi) is 3.60. The molecule has 0 spiro atoms. The summed E-state index contributed by atoms with van der Waals surface area (Å²) in [4.78, 5) is 10.7. The van der Waals surface area contributed by atoms with Crippen molar-refractivity contribution < 1.29 is 0 Å². The van der Waals surface area contributed by atoms with Crippen LogP contribution in [-0.2, 0) is 0 Å². The van der Waals surface area contributed by atoms with Crippen LogP contribution in [0.1, 0.15) is 0 Å². The van der Waals surface area contributed by atoms with Crippen LogP contribution in [0.15, 0.2) is 79.1 Å². The molecule has 20 heavy (non-hydrogen) atoms. The van der Waals surface area contributed by atoms with E-state index in [1.165, 1.54) is 0 Å². The second-order valence-electron chi connectivity index (χ2n) is 4.35. The van der Waals surface area contributed by atoms with Crippen LogP contribution >= 0.6 is 0 Å². The average Bonchev–Trinajstić information content (AvgIpc) is 3.20. The van der Waals surface area contributed by atoms with Gasteiger partial charge in [0.1, 0.15) is 5.82 Å². The predicted octanol–water partition coefficient (Wildman–Crippen LogP) is 4.24. The van der Waals surface area contributed by atoms with Crippen molar-refractivity contribution in [3.8, 4) is 11.4 Å². The topological polar surface area (TPSA) is 44.5 Å². The lowest BCUT2D eigenvalue weighted by Crippen LogP contribution is -1.77. The molecule has 3 nitrogen and oxygen atoms in total. The molecule has 4 aromatic rings. The maximum atomic E-state index is 4.53. The third-order valence-corrected chi connectivity index (χ3v) is 2.93. The summed E-state index contributed by atoms with van der Waals surface area (Å²) in [5, 5.41) is 0. The first-order valence-corrected chi connectivity index (χ1v) is 6.51. The number of fused-ring (bicyclic) bond motifs is 1. The van der Waals surface area contributed by atoms with Crippen molar-refractivity contribution in [2.75, 3.05) is 0 Å². The average molecular weight is 261 g/mol. The van der Waals surface area contributed by atoms with Gasteiger partial charge in [-0.3, -0.25) is 0 Å². The summed E-state index contributed by atoms with van der Waals surface area (Å²) >= 11 is 0. The molecule has 2 aromatic heterocycles. The van der Waals surface area contributed by atoms with Crippen molar-refractivity contribution in [2.24, 2.45) is 0 Å². The first kappa shape index (κ1) is 12.2. The molecule has 0 fully saturated rings. The summed E-state index contributed by atoms with van der Waals surface area (Å²) in [5.74, 6) is 0.928. The molecule has 98 valence electrons. The Labute approximate surface area is 117 Å². The number of nitrogens with one attached hydrogen (secondary N) is 2. The molecule has 0 aliphatic carbocycles. The number of aromatic amines is 2. The zero-order chi connectivity index (χ0) is 13.6. The molecule has 2 heterocycles. The van der Waals surface area contributed by atoms with Crippen molar-refractivity contribution in [3.05, 3.63) is 79.1 Å². The van der Waals surface area contributed by atoms with Gasteiger partial charge in [0.2, 0.25) is 0 Å². The van der Waals surface area contributed by atoms with Gasteiger partial charge in [0.15, 0.2) is 0 Å². The zero-order valence-corrected chi connectivity index (χ0v) is 11.0. The smallest absolute Gasteiger partial charge is 0.138 e. The van der Waals surface area contributed by atoms with E-state index in [0.717, 1.165) is 22.4 Å². The monoisotopic (exact) mass is 261 g/mol. The van der Waals surface area contributed by atoms with E-state index in [2.05, 4.69) is 27.1 Å². The third kappa shape index (κ3) is 2.78. The number of aromatic nitrogens is 3. The number of benzene rings is 2. The number of imidazole rings is 1. The van der Waals surface area contributed by atoms with E-state index in [1.807, 2.05) is 67.0 Å². The van der Waals surface area contributed by atoms with Gasteiger partial charge in [0, 0.05) is 18.0 Å². The minimum atomic E-state index is 0.928. The minimum Gasteiger partial charge on any atom is -0.368 e. The first-order chi connectivity index (χ1) is 9.93. The second kappa shape index (κ2) is 5.89. The van der Waals surface area contributed by atoms with E-state index in [0.29, 0.717) is 0 Å². The van der Waals surface area contributed by atoms with Crippen molar-refractivity contribution in [3.63, 3.8) is 0 Å². The van der Waals surface area contributed by atoms with E-state index < -0.39 is 0 Å². The van der Waals surface area contributed by atoms with Crippen LogP contribution in [0.25, 0.3) is 22.4 Å². The van der Waals surface area contributed by atoms with E-state index in [4.69, 9.17) is 0 Å². The van der Waals surface area contributed by atoms with Gasteiger partial charge < -0.3 is 9.97 Å². The molecule has 0 aliphatic rings. The van der Waals surface area contributed by atoms with Crippen molar-refractivity contribution >= 4 is 11.0 Å². The van der Waals surface area contributed by atoms with E-state index in [1.54, 1.807) is 0 Å². The Morgan fingerprint density at radius 1 is 0.700 bits per heavy atom. The summed E-state index contributed by atoms with van der Waals surface area (Å²) in [6, 6.07) is 22.1. The lowest BCUT2D eigenvalue weighted by molar-refractivity contribution is 1.34. The quantitative estimate of drug-likeness (QED) is 0.528. The van der Waals surface area contributed by atoms with Crippen LogP contribution in [0, 0.1) is 0 Å². The summed E-state index contributed by atoms with van der Waals surface area (Å²) in [7, 11) is 0. The normalized spacial score (nSPS) is 10.0. The SMILES string of the molecule is c1cc[nH]c1.c1ccc(-c2nc3ccccc3[nH]2)cc1. The minimum absolute atomic E-state index is 0.928. The highest BCUT2D eigenvalue weighted by Crippen LogP contribution is 2.19. The fourth-order valence-electron chi connectivity index (χ4n) is 1.96. The molecule has 0 saturated heterocycles. The van der Waals surface area contributed by atoms with E-state index >= 15 is 0 Å². The van der Waals surface area contributed by atoms with Gasteiger partial charge in [-0.15, -0.1) is 0 Å². The maximum absolute atomic E-state index is 4.53. The Balaban J connectivity index is 0.000000205. The van der Waals surface area contributed by atoms with Crippen LogP contribution in [0.3, 0.4) is 0 Å². The Bertz CT molecular complexity index is 705. The standard InChI is InChI=1S/C13H10N2.C4H5N/c1-2-6-10(7-3-1)13-14-11-8-4-5-9-12(11)15-13;1-2-4-5-3-1/h1-9H,(H,14,15);1-5H. The molecule has 0 unspecified atom stereocenters. The highest BCUT2D eigenvalue weighted by atomic mass is 14.9. The molecular formula is C17H15N3. The van der Waals surface area contributed by atoms with Crippen LogP contribution in [0.4, 0.5) is 0 Å². The van der Waals surface area contributed by atoms with Crippen molar-refractivity contribution in [1.82, 2.24) is 15.0 Å². The molecule has 0 atom stereocenters. The fourth-order valence-corrected chi connectivity index (χ4v) is 1.96. The molecular weight excluding hydrogens is 246 g/mol. The van der Waals surface area contributed by atoms with Gasteiger partial charge >= 0.3 is 0 Å². The summed E-state index contributed by atoms with van der Waals surface area (Å²) < 4.78 is 0. The van der Waals surface area contributed by atoms with Crippen LogP contribution in [0.5, 0.6) is 0 Å². The van der Waals surface area contributed by atoms with Gasteiger partial charge in [-0.1, -0.05) is 42.5 Å². The Morgan fingerprint density at radius 3 is 2.05 bits per heavy atom. The Morgan fingerprint density at radius 2 is 1.40 bits per heavy atom. The van der Waals surface area contributed by atoms with Gasteiger partial charge in [-0.05, 0) is 24.3 Å². The van der Waals surface area contributed by atoms with Gasteiger partial charge in [-0.25, -0.2) is 4.98 Å². The van der Waals surface area contributed by atoms with Crippen LogP contribution in [-0.4, -0.2) is 15.0 Å². The molecule has 0 saturated carbocycles. The molecule has 4 rings (SSSR count). The molecule has 0 bridgehead atoms. The largest absolute Gasteiger partial charge is 0.368 e. The highest BCUT2D eigenvalue weighted by molar-refractivity contribution is 5.79. The van der Waals surface area contributed by atoms with Gasteiger partial charge in [0.25, 0.3) is 0 Å². The molecule has 0 aliphatic heterocycles. The number of hydrogen-bond donors (Lipinski definition) is 2. The fraction of sp³-hybridized carbons (Fsp3) is 0. The van der Waals surface area contributed by atoms with Crippen molar-refractivity contribution in [1.29, 1.82) is 0 Å². The van der Waals surface area contributed by atoms with Crippen molar-refractivity contribution in [2.45, 2.75) is 0 Å². The van der Waals surface area contributed by atoms with Crippen LogP contribution < -0.4 is 0 Å². The molecule has 0 radical (unpaired) electrons. The second-order valence-corrected chi connectivity index (χ2v) is 4.35. The first-order valence-electron chi connectivity index (χ1n) is 6.51. The highest BCUT2D eigenvalue weighted by Gasteiger charge is 2.02. The number of para-hydroxylation sites is 2. The number of rotatable bonds is 1. The molecule has 2 N–H and O–H groups in total. The number of H-pyrrole nitrogens is 2. The number of hydrogen-bond acceptors (Lipinski definition) is 1.